The fourth-order valence-corrected chi connectivity index (χ4v) is 1.67. The van der Waals surface area contributed by atoms with Crippen molar-refractivity contribution in [2.75, 3.05) is 0 Å². The molecular weight excluding hydrogens is 232 g/mol. The molecule has 3 aromatic rings. The number of rotatable bonds is 2. The molecule has 1 N–H and O–H groups in total. The number of furan rings is 1. The lowest BCUT2D eigenvalue weighted by molar-refractivity contribution is 0.425. The van der Waals surface area contributed by atoms with Crippen molar-refractivity contribution in [2.45, 2.75) is 6.92 Å². The Morgan fingerprint density at radius 3 is 2.89 bits per heavy atom. The summed E-state index contributed by atoms with van der Waals surface area (Å²) in [6, 6.07) is 7.11. The fraction of sp³-hybridized carbons (Fsp3) is 0.0769. The topological polar surface area (TPSA) is 72.3 Å². The van der Waals surface area contributed by atoms with Gasteiger partial charge in [-0.2, -0.15) is 4.98 Å². The molecular formula is C13H10N2O3. The van der Waals surface area contributed by atoms with Crippen molar-refractivity contribution < 1.29 is 14.0 Å². The molecule has 1 aromatic carbocycles. The van der Waals surface area contributed by atoms with Crippen molar-refractivity contribution in [1.29, 1.82) is 0 Å². The van der Waals surface area contributed by atoms with Crippen LogP contribution in [-0.2, 0) is 0 Å². The first-order chi connectivity index (χ1) is 8.75. The highest BCUT2D eigenvalue weighted by Crippen LogP contribution is 2.31. The summed E-state index contributed by atoms with van der Waals surface area (Å²) in [7, 11) is 0. The first-order valence-corrected chi connectivity index (χ1v) is 5.41. The first-order valence-electron chi connectivity index (χ1n) is 5.41. The summed E-state index contributed by atoms with van der Waals surface area (Å²) in [6.45, 7) is 1.81. The highest BCUT2D eigenvalue weighted by Gasteiger charge is 2.15. The van der Waals surface area contributed by atoms with E-state index >= 15 is 0 Å². The Labute approximate surface area is 103 Å². The van der Waals surface area contributed by atoms with Crippen LogP contribution in [0.2, 0.25) is 0 Å². The van der Waals surface area contributed by atoms with Crippen LogP contribution in [0.25, 0.3) is 22.8 Å². The van der Waals surface area contributed by atoms with Crippen molar-refractivity contribution in [3.05, 3.63) is 42.4 Å². The zero-order valence-electron chi connectivity index (χ0n) is 9.62. The number of nitrogens with zero attached hydrogens (tertiary/aromatic N) is 2. The third kappa shape index (κ3) is 1.66. The van der Waals surface area contributed by atoms with Gasteiger partial charge >= 0.3 is 0 Å². The Bertz CT molecular complexity index is 671. The summed E-state index contributed by atoms with van der Waals surface area (Å²) in [4.78, 5) is 4.23. The third-order valence-electron chi connectivity index (χ3n) is 2.67. The maximum Gasteiger partial charge on any atom is 0.262 e. The summed E-state index contributed by atoms with van der Waals surface area (Å²) in [6.07, 6.45) is 3.07. The Balaban J connectivity index is 2.06. The van der Waals surface area contributed by atoms with Crippen molar-refractivity contribution in [2.24, 2.45) is 0 Å². The van der Waals surface area contributed by atoms with Crippen LogP contribution in [-0.4, -0.2) is 15.2 Å². The second kappa shape index (κ2) is 4.03. The van der Waals surface area contributed by atoms with Crippen LogP contribution in [0.5, 0.6) is 5.75 Å². The highest BCUT2D eigenvalue weighted by atomic mass is 16.5. The minimum Gasteiger partial charge on any atom is -0.507 e. The second-order valence-electron chi connectivity index (χ2n) is 3.91. The molecule has 0 atom stereocenters. The van der Waals surface area contributed by atoms with E-state index < -0.39 is 0 Å². The standard InChI is InChI=1S/C13H10N2O3/c1-8-3-2-4-10(11(8)16)13-14-12(15-18-13)9-5-6-17-7-9/h2-7,16H,1H3. The molecule has 3 rings (SSSR count). The Hall–Kier alpha value is -2.56. The van der Waals surface area contributed by atoms with Crippen LogP contribution < -0.4 is 0 Å². The number of hydrogen-bond acceptors (Lipinski definition) is 5. The molecule has 2 heterocycles. The third-order valence-corrected chi connectivity index (χ3v) is 2.67. The van der Waals surface area contributed by atoms with E-state index in [4.69, 9.17) is 8.94 Å². The van der Waals surface area contributed by atoms with E-state index in [0.29, 0.717) is 11.4 Å². The zero-order valence-corrected chi connectivity index (χ0v) is 9.62. The van der Waals surface area contributed by atoms with Gasteiger partial charge in [-0.3, -0.25) is 0 Å². The molecule has 0 radical (unpaired) electrons. The average Bonchev–Trinajstić information content (AvgIpc) is 3.01. The summed E-state index contributed by atoms with van der Waals surface area (Å²) in [5, 5.41) is 13.8. The van der Waals surface area contributed by atoms with Crippen LogP contribution in [0.1, 0.15) is 5.56 Å². The Morgan fingerprint density at radius 1 is 1.22 bits per heavy atom. The summed E-state index contributed by atoms with van der Waals surface area (Å²) >= 11 is 0. The lowest BCUT2D eigenvalue weighted by Crippen LogP contribution is -1.82. The maximum atomic E-state index is 9.94. The second-order valence-corrected chi connectivity index (χ2v) is 3.91. The van der Waals surface area contributed by atoms with Crippen LogP contribution in [0.3, 0.4) is 0 Å². The van der Waals surface area contributed by atoms with Gasteiger partial charge in [0, 0.05) is 0 Å². The molecule has 2 aromatic heterocycles. The monoisotopic (exact) mass is 242 g/mol. The quantitative estimate of drug-likeness (QED) is 0.747. The van der Waals surface area contributed by atoms with Gasteiger partial charge in [0.25, 0.3) is 5.89 Å². The van der Waals surface area contributed by atoms with Gasteiger partial charge in [0.15, 0.2) is 0 Å². The van der Waals surface area contributed by atoms with Crippen LogP contribution in [0.15, 0.2) is 45.7 Å². The van der Waals surface area contributed by atoms with E-state index in [9.17, 15) is 5.11 Å². The number of hydrogen-bond donors (Lipinski definition) is 1. The molecule has 0 unspecified atom stereocenters. The normalized spacial score (nSPS) is 10.7. The first kappa shape index (κ1) is 10.6. The van der Waals surface area contributed by atoms with E-state index in [1.807, 2.05) is 19.1 Å². The number of aromatic hydroxyl groups is 1. The molecule has 0 saturated carbocycles. The van der Waals surface area contributed by atoms with E-state index in [-0.39, 0.29) is 11.6 Å². The maximum absolute atomic E-state index is 9.94. The number of aromatic nitrogens is 2. The van der Waals surface area contributed by atoms with Gasteiger partial charge in [-0.25, -0.2) is 0 Å². The van der Waals surface area contributed by atoms with E-state index in [0.717, 1.165) is 11.1 Å². The molecule has 5 heteroatoms. The average molecular weight is 242 g/mol. The molecule has 0 aliphatic rings. The molecule has 5 nitrogen and oxygen atoms in total. The van der Waals surface area contributed by atoms with Crippen LogP contribution in [0, 0.1) is 6.92 Å². The van der Waals surface area contributed by atoms with Gasteiger partial charge < -0.3 is 14.0 Å². The summed E-state index contributed by atoms with van der Waals surface area (Å²) in [5.74, 6) is 0.868. The van der Waals surface area contributed by atoms with Crippen molar-refractivity contribution in [1.82, 2.24) is 10.1 Å². The van der Waals surface area contributed by atoms with Crippen molar-refractivity contribution in [3.63, 3.8) is 0 Å². The highest BCUT2D eigenvalue weighted by molar-refractivity contribution is 5.66. The fourth-order valence-electron chi connectivity index (χ4n) is 1.67. The minimum absolute atomic E-state index is 0.153. The molecule has 0 amide bonds. The van der Waals surface area contributed by atoms with Gasteiger partial charge in [0.05, 0.1) is 17.4 Å². The van der Waals surface area contributed by atoms with Crippen molar-refractivity contribution >= 4 is 0 Å². The number of para-hydroxylation sites is 1. The zero-order chi connectivity index (χ0) is 12.5. The predicted molar refractivity (Wildman–Crippen MR) is 63.8 cm³/mol. The predicted octanol–water partition coefficient (Wildman–Crippen LogP) is 3.01. The smallest absolute Gasteiger partial charge is 0.262 e. The Morgan fingerprint density at radius 2 is 2.11 bits per heavy atom. The van der Waals surface area contributed by atoms with Gasteiger partial charge in [-0.15, -0.1) is 0 Å². The molecule has 0 aliphatic carbocycles. The number of phenols is 1. The number of aryl methyl sites for hydroxylation is 1. The molecule has 0 bridgehead atoms. The van der Waals surface area contributed by atoms with Gasteiger partial charge in [-0.05, 0) is 24.6 Å². The van der Waals surface area contributed by atoms with Crippen LogP contribution in [0.4, 0.5) is 0 Å². The minimum atomic E-state index is 0.153. The number of phenolic OH excluding ortho intramolecular Hbond substituents is 1. The van der Waals surface area contributed by atoms with Gasteiger partial charge in [0.2, 0.25) is 5.82 Å². The summed E-state index contributed by atoms with van der Waals surface area (Å²) in [5.41, 5.74) is 2.02. The van der Waals surface area contributed by atoms with E-state index in [1.165, 1.54) is 12.5 Å². The molecule has 18 heavy (non-hydrogen) atoms. The van der Waals surface area contributed by atoms with Gasteiger partial charge in [-0.1, -0.05) is 17.3 Å². The summed E-state index contributed by atoms with van der Waals surface area (Å²) < 4.78 is 10.1. The lowest BCUT2D eigenvalue weighted by atomic mass is 10.1. The van der Waals surface area contributed by atoms with E-state index in [1.54, 1.807) is 12.1 Å². The van der Waals surface area contributed by atoms with Crippen molar-refractivity contribution in [3.8, 4) is 28.6 Å². The number of benzene rings is 1. The molecule has 0 aliphatic heterocycles. The molecule has 0 spiro atoms. The largest absolute Gasteiger partial charge is 0.507 e. The SMILES string of the molecule is Cc1cccc(-c2nc(-c3ccoc3)no2)c1O. The van der Waals surface area contributed by atoms with Gasteiger partial charge in [0.1, 0.15) is 12.0 Å². The van der Waals surface area contributed by atoms with E-state index in [2.05, 4.69) is 10.1 Å². The molecule has 0 saturated heterocycles. The van der Waals surface area contributed by atoms with Crippen LogP contribution >= 0.6 is 0 Å². The Kier molecular flexibility index (Phi) is 2.37. The lowest BCUT2D eigenvalue weighted by Gasteiger charge is -2.01. The molecule has 90 valence electrons. The molecule has 0 fully saturated rings.